The Bertz CT molecular complexity index is 922. The summed E-state index contributed by atoms with van der Waals surface area (Å²) in [6, 6.07) is 5.41. The molecule has 1 atom stereocenters. The zero-order valence-electron chi connectivity index (χ0n) is 13.2. The third-order valence-electron chi connectivity index (χ3n) is 4.81. The van der Waals surface area contributed by atoms with Crippen LogP contribution in [0.15, 0.2) is 36.7 Å². The Morgan fingerprint density at radius 3 is 2.92 bits per heavy atom. The van der Waals surface area contributed by atoms with Crippen molar-refractivity contribution >= 4 is 17.2 Å². The van der Waals surface area contributed by atoms with E-state index in [1.807, 2.05) is 17.9 Å². The van der Waals surface area contributed by atoms with Crippen molar-refractivity contribution in [3.8, 4) is 0 Å². The monoisotopic (exact) mass is 329 g/mol. The number of anilines is 2. The maximum absolute atomic E-state index is 14.4. The molecule has 4 rings (SSSR count). The van der Waals surface area contributed by atoms with Gasteiger partial charge in [0.2, 0.25) is 0 Å². The fraction of sp³-hybridized carbons (Fsp3) is 0.294. The van der Waals surface area contributed by atoms with Crippen LogP contribution in [0, 0.1) is 11.6 Å². The predicted octanol–water partition coefficient (Wildman–Crippen LogP) is 3.11. The number of aromatic nitrogens is 3. The minimum Gasteiger partial charge on any atom is -0.394 e. The van der Waals surface area contributed by atoms with Gasteiger partial charge in [-0.3, -0.25) is 0 Å². The highest BCUT2D eigenvalue weighted by atomic mass is 19.1. The second-order valence-corrected chi connectivity index (χ2v) is 6.31. The van der Waals surface area contributed by atoms with Gasteiger partial charge in [0.05, 0.1) is 17.4 Å². The summed E-state index contributed by atoms with van der Waals surface area (Å²) in [6.07, 6.45) is 4.90. The molecule has 0 unspecified atom stereocenters. The number of hydrogen-bond acceptors (Lipinski definition) is 4. The van der Waals surface area contributed by atoms with Crippen LogP contribution in [0.1, 0.15) is 25.3 Å². The summed E-state index contributed by atoms with van der Waals surface area (Å²) >= 11 is 0. The van der Waals surface area contributed by atoms with Crippen LogP contribution in [0.2, 0.25) is 0 Å². The lowest BCUT2D eigenvalue weighted by atomic mass is 9.88. The molecular formula is C17H17F2N5. The number of halogens is 2. The van der Waals surface area contributed by atoms with Crippen LogP contribution in [-0.2, 0) is 5.54 Å². The standard InChI is InChI=1S/C17H17F2N5/c1-17(12-9-11(18)3-4-13(12)19)6-2-7-23(17)15-5-8-24-16(22-15)14(20)10-21-24/h3-5,8-10H,2,6-7,20H2,1H3/t17-/m0/s1. The summed E-state index contributed by atoms with van der Waals surface area (Å²) in [5.41, 5.74) is 6.62. The summed E-state index contributed by atoms with van der Waals surface area (Å²) in [7, 11) is 0. The summed E-state index contributed by atoms with van der Waals surface area (Å²) < 4.78 is 29.7. The SMILES string of the molecule is C[C@@]1(c2cc(F)ccc2F)CCCN1c1ccn2ncc(N)c2n1. The number of fused-ring (bicyclic) bond motifs is 1. The van der Waals surface area contributed by atoms with Crippen LogP contribution in [0.4, 0.5) is 20.3 Å². The lowest BCUT2D eigenvalue weighted by Gasteiger charge is -2.37. The molecule has 1 fully saturated rings. The maximum Gasteiger partial charge on any atom is 0.180 e. The van der Waals surface area contributed by atoms with Gasteiger partial charge in [-0.15, -0.1) is 0 Å². The van der Waals surface area contributed by atoms with Gasteiger partial charge >= 0.3 is 0 Å². The van der Waals surface area contributed by atoms with Crippen molar-refractivity contribution in [2.24, 2.45) is 0 Å². The summed E-state index contributed by atoms with van der Waals surface area (Å²) in [5.74, 6) is -0.169. The molecule has 0 bridgehead atoms. The quantitative estimate of drug-likeness (QED) is 0.785. The third-order valence-corrected chi connectivity index (χ3v) is 4.81. The first kappa shape index (κ1) is 14.9. The van der Waals surface area contributed by atoms with Gasteiger partial charge in [0.1, 0.15) is 17.5 Å². The van der Waals surface area contributed by atoms with Crippen molar-refractivity contribution in [2.45, 2.75) is 25.3 Å². The zero-order valence-corrected chi connectivity index (χ0v) is 13.2. The summed E-state index contributed by atoms with van der Waals surface area (Å²) in [5, 5.41) is 4.11. The number of nitrogen functional groups attached to an aromatic ring is 1. The topological polar surface area (TPSA) is 59.5 Å². The maximum atomic E-state index is 14.4. The molecular weight excluding hydrogens is 312 g/mol. The van der Waals surface area contributed by atoms with Crippen LogP contribution in [-0.4, -0.2) is 21.1 Å². The highest BCUT2D eigenvalue weighted by molar-refractivity contribution is 5.66. The predicted molar refractivity (Wildman–Crippen MR) is 87.7 cm³/mol. The Hall–Kier alpha value is -2.70. The van der Waals surface area contributed by atoms with Gasteiger partial charge in [0, 0.05) is 18.3 Å². The normalized spacial score (nSPS) is 20.9. The van der Waals surface area contributed by atoms with Crippen molar-refractivity contribution in [1.29, 1.82) is 0 Å². The van der Waals surface area contributed by atoms with Crippen LogP contribution < -0.4 is 10.6 Å². The first-order valence-corrected chi connectivity index (χ1v) is 7.82. The number of hydrogen-bond donors (Lipinski definition) is 1. The first-order chi connectivity index (χ1) is 11.5. The molecule has 0 amide bonds. The van der Waals surface area contributed by atoms with E-state index in [-0.39, 0.29) is 0 Å². The Kier molecular flexibility index (Phi) is 3.19. The molecule has 124 valence electrons. The molecule has 3 aromatic rings. The van der Waals surface area contributed by atoms with Crippen molar-refractivity contribution in [3.05, 3.63) is 53.9 Å². The van der Waals surface area contributed by atoms with E-state index >= 15 is 0 Å². The second kappa shape index (κ2) is 5.15. The molecule has 0 radical (unpaired) electrons. The minimum atomic E-state index is -0.660. The van der Waals surface area contributed by atoms with Gasteiger partial charge in [0.15, 0.2) is 5.65 Å². The summed E-state index contributed by atoms with van der Waals surface area (Å²) in [4.78, 5) is 6.59. The molecule has 3 heterocycles. The highest BCUT2D eigenvalue weighted by Crippen LogP contribution is 2.42. The Balaban J connectivity index is 1.83. The second-order valence-electron chi connectivity index (χ2n) is 6.31. The van der Waals surface area contributed by atoms with Gasteiger partial charge in [-0.1, -0.05) is 0 Å². The molecule has 0 spiro atoms. The molecule has 1 aliphatic rings. The van der Waals surface area contributed by atoms with E-state index in [9.17, 15) is 8.78 Å². The number of benzene rings is 1. The molecule has 0 saturated carbocycles. The van der Waals surface area contributed by atoms with Crippen LogP contribution >= 0.6 is 0 Å². The number of nitrogens with zero attached hydrogens (tertiary/aromatic N) is 4. The van der Waals surface area contributed by atoms with Crippen molar-refractivity contribution in [1.82, 2.24) is 14.6 Å². The molecule has 7 heteroatoms. The van der Waals surface area contributed by atoms with E-state index in [0.29, 0.717) is 29.3 Å². The van der Waals surface area contributed by atoms with Gasteiger partial charge in [0.25, 0.3) is 0 Å². The molecule has 5 nitrogen and oxygen atoms in total. The van der Waals surface area contributed by atoms with Crippen LogP contribution in [0.5, 0.6) is 0 Å². The third kappa shape index (κ3) is 2.11. The van der Waals surface area contributed by atoms with Crippen LogP contribution in [0.25, 0.3) is 5.65 Å². The van der Waals surface area contributed by atoms with Gasteiger partial charge < -0.3 is 10.6 Å². The Morgan fingerprint density at radius 1 is 1.25 bits per heavy atom. The Labute approximate surface area is 137 Å². The number of nitrogens with two attached hydrogens (primary N) is 1. The molecule has 24 heavy (non-hydrogen) atoms. The Morgan fingerprint density at radius 2 is 2.08 bits per heavy atom. The van der Waals surface area contributed by atoms with E-state index in [2.05, 4.69) is 10.1 Å². The first-order valence-electron chi connectivity index (χ1n) is 7.82. The fourth-order valence-corrected chi connectivity index (χ4v) is 3.55. The number of rotatable bonds is 2. The molecule has 1 aliphatic heterocycles. The van der Waals surface area contributed by atoms with Crippen molar-refractivity contribution in [3.63, 3.8) is 0 Å². The van der Waals surface area contributed by atoms with E-state index in [0.717, 1.165) is 18.9 Å². The van der Waals surface area contributed by atoms with Gasteiger partial charge in [-0.2, -0.15) is 5.10 Å². The van der Waals surface area contributed by atoms with E-state index in [4.69, 9.17) is 5.73 Å². The van der Waals surface area contributed by atoms with E-state index in [1.165, 1.54) is 12.1 Å². The molecule has 1 aromatic carbocycles. The molecule has 0 aliphatic carbocycles. The fourth-order valence-electron chi connectivity index (χ4n) is 3.55. The van der Waals surface area contributed by atoms with Gasteiger partial charge in [-0.25, -0.2) is 18.3 Å². The largest absolute Gasteiger partial charge is 0.394 e. The molecule has 2 aromatic heterocycles. The van der Waals surface area contributed by atoms with E-state index in [1.54, 1.807) is 16.9 Å². The molecule has 2 N–H and O–H groups in total. The van der Waals surface area contributed by atoms with E-state index < -0.39 is 17.2 Å². The minimum absolute atomic E-state index is 0.350. The van der Waals surface area contributed by atoms with Crippen LogP contribution in [0.3, 0.4) is 0 Å². The zero-order chi connectivity index (χ0) is 16.9. The average Bonchev–Trinajstić information content (AvgIpc) is 3.14. The smallest absolute Gasteiger partial charge is 0.180 e. The van der Waals surface area contributed by atoms with Crippen molar-refractivity contribution < 1.29 is 8.78 Å². The van der Waals surface area contributed by atoms with Gasteiger partial charge in [-0.05, 0) is 44.0 Å². The lowest BCUT2D eigenvalue weighted by molar-refractivity contribution is 0.451. The summed E-state index contributed by atoms with van der Waals surface area (Å²) in [6.45, 7) is 2.63. The average molecular weight is 329 g/mol. The molecule has 1 saturated heterocycles. The highest BCUT2D eigenvalue weighted by Gasteiger charge is 2.41. The van der Waals surface area contributed by atoms with Crippen molar-refractivity contribution in [2.75, 3.05) is 17.2 Å². The lowest BCUT2D eigenvalue weighted by Crippen LogP contribution is -2.40.